The Morgan fingerprint density at radius 3 is 2.76 bits per heavy atom. The van der Waals surface area contributed by atoms with E-state index in [0.29, 0.717) is 19.5 Å². The third-order valence-electron chi connectivity index (χ3n) is 4.66. The lowest BCUT2D eigenvalue weighted by molar-refractivity contribution is -0.120. The van der Waals surface area contributed by atoms with E-state index in [1.165, 1.54) is 22.1 Å². The number of fused-ring (bicyclic) bond motifs is 1. The van der Waals surface area contributed by atoms with Crippen molar-refractivity contribution in [2.24, 2.45) is 0 Å². The SMILES string of the molecule is Cc1cccc(NCCC(=O)NCCc2c[nH]c3ccccc23)c1C. The van der Waals surface area contributed by atoms with Crippen LogP contribution in [-0.2, 0) is 11.2 Å². The fraction of sp³-hybridized carbons (Fsp3) is 0.286. The number of aryl methyl sites for hydroxylation is 1. The lowest BCUT2D eigenvalue weighted by atomic mass is 10.1. The second-order valence-corrected chi connectivity index (χ2v) is 6.38. The second-order valence-electron chi connectivity index (χ2n) is 6.38. The molecule has 0 aliphatic heterocycles. The molecule has 0 fully saturated rings. The van der Waals surface area contributed by atoms with Crippen LogP contribution in [0.2, 0.25) is 0 Å². The Kier molecular flexibility index (Phi) is 5.39. The normalized spacial score (nSPS) is 10.8. The van der Waals surface area contributed by atoms with Crippen LogP contribution in [0.5, 0.6) is 0 Å². The van der Waals surface area contributed by atoms with Gasteiger partial charge in [0.05, 0.1) is 0 Å². The van der Waals surface area contributed by atoms with Crippen molar-refractivity contribution in [2.45, 2.75) is 26.7 Å². The van der Waals surface area contributed by atoms with Crippen molar-refractivity contribution < 1.29 is 4.79 Å². The van der Waals surface area contributed by atoms with Crippen molar-refractivity contribution >= 4 is 22.5 Å². The van der Waals surface area contributed by atoms with Crippen LogP contribution in [0.4, 0.5) is 5.69 Å². The smallest absolute Gasteiger partial charge is 0.221 e. The summed E-state index contributed by atoms with van der Waals surface area (Å²) in [6.07, 6.45) is 3.33. The number of nitrogens with one attached hydrogen (secondary N) is 3. The molecule has 0 saturated carbocycles. The molecule has 130 valence electrons. The van der Waals surface area contributed by atoms with E-state index in [9.17, 15) is 4.79 Å². The van der Waals surface area contributed by atoms with E-state index in [2.05, 4.69) is 53.7 Å². The molecule has 4 nitrogen and oxygen atoms in total. The molecule has 0 bridgehead atoms. The maximum atomic E-state index is 12.0. The van der Waals surface area contributed by atoms with Gasteiger partial charge in [-0.15, -0.1) is 0 Å². The van der Waals surface area contributed by atoms with Crippen molar-refractivity contribution in [2.75, 3.05) is 18.4 Å². The number of aromatic nitrogens is 1. The minimum atomic E-state index is 0.0812. The van der Waals surface area contributed by atoms with E-state index in [1.807, 2.05) is 24.4 Å². The zero-order valence-corrected chi connectivity index (χ0v) is 14.9. The van der Waals surface area contributed by atoms with Gasteiger partial charge in [0.1, 0.15) is 0 Å². The Hall–Kier alpha value is -2.75. The molecule has 0 unspecified atom stereocenters. The molecule has 0 aliphatic rings. The lowest BCUT2D eigenvalue weighted by Crippen LogP contribution is -2.27. The lowest BCUT2D eigenvalue weighted by Gasteiger charge is -2.11. The zero-order chi connectivity index (χ0) is 17.6. The number of carbonyl (C=O) groups excluding carboxylic acids is 1. The summed E-state index contributed by atoms with van der Waals surface area (Å²) in [6, 6.07) is 14.4. The Morgan fingerprint density at radius 1 is 1.04 bits per heavy atom. The predicted octanol–water partition coefficient (Wildman–Crippen LogP) is 3.95. The quantitative estimate of drug-likeness (QED) is 0.612. The van der Waals surface area contributed by atoms with Gasteiger partial charge in [-0.2, -0.15) is 0 Å². The highest BCUT2D eigenvalue weighted by atomic mass is 16.1. The maximum absolute atomic E-state index is 12.0. The van der Waals surface area contributed by atoms with Gasteiger partial charge in [0.2, 0.25) is 5.91 Å². The van der Waals surface area contributed by atoms with Gasteiger partial charge in [-0.3, -0.25) is 4.79 Å². The van der Waals surface area contributed by atoms with E-state index in [-0.39, 0.29) is 5.91 Å². The minimum absolute atomic E-state index is 0.0812. The molecule has 0 atom stereocenters. The van der Waals surface area contributed by atoms with Crippen LogP contribution in [-0.4, -0.2) is 24.0 Å². The first-order valence-electron chi connectivity index (χ1n) is 8.77. The molecule has 1 amide bonds. The van der Waals surface area contributed by atoms with E-state index in [0.717, 1.165) is 17.6 Å². The Balaban J connectivity index is 1.42. The Bertz CT molecular complexity index is 866. The molecule has 1 aromatic heterocycles. The summed E-state index contributed by atoms with van der Waals surface area (Å²) in [6.45, 7) is 5.49. The molecular weight excluding hydrogens is 310 g/mol. The first kappa shape index (κ1) is 17.1. The van der Waals surface area contributed by atoms with Gasteiger partial charge in [0.25, 0.3) is 0 Å². The number of para-hydroxylation sites is 1. The van der Waals surface area contributed by atoms with Crippen molar-refractivity contribution in [1.29, 1.82) is 0 Å². The standard InChI is InChI=1S/C21H25N3O/c1-15-6-5-9-19(16(15)2)22-13-11-21(25)23-12-10-17-14-24-20-8-4-3-7-18(17)20/h3-9,14,22,24H,10-13H2,1-2H3,(H,23,25). The highest BCUT2D eigenvalue weighted by Crippen LogP contribution is 2.18. The minimum Gasteiger partial charge on any atom is -0.384 e. The number of benzene rings is 2. The molecule has 3 N–H and O–H groups in total. The van der Waals surface area contributed by atoms with Crippen LogP contribution >= 0.6 is 0 Å². The van der Waals surface area contributed by atoms with Crippen molar-refractivity contribution in [3.63, 3.8) is 0 Å². The van der Waals surface area contributed by atoms with E-state index >= 15 is 0 Å². The molecule has 3 rings (SSSR count). The van der Waals surface area contributed by atoms with Crippen LogP contribution in [0.3, 0.4) is 0 Å². The third-order valence-corrected chi connectivity index (χ3v) is 4.66. The number of carbonyl (C=O) groups is 1. The van der Waals surface area contributed by atoms with Gasteiger partial charge in [0.15, 0.2) is 0 Å². The molecule has 3 aromatic rings. The Labute approximate surface area is 148 Å². The van der Waals surface area contributed by atoms with Gasteiger partial charge >= 0.3 is 0 Å². The van der Waals surface area contributed by atoms with Crippen LogP contribution < -0.4 is 10.6 Å². The van der Waals surface area contributed by atoms with Crippen LogP contribution in [0.25, 0.3) is 10.9 Å². The summed E-state index contributed by atoms with van der Waals surface area (Å²) >= 11 is 0. The van der Waals surface area contributed by atoms with Crippen molar-refractivity contribution in [1.82, 2.24) is 10.3 Å². The van der Waals surface area contributed by atoms with Crippen LogP contribution in [0.1, 0.15) is 23.1 Å². The van der Waals surface area contributed by atoms with Gasteiger partial charge in [-0.05, 0) is 49.1 Å². The summed E-state index contributed by atoms with van der Waals surface area (Å²) in [5.41, 5.74) is 5.98. The summed E-state index contributed by atoms with van der Waals surface area (Å²) in [7, 11) is 0. The molecule has 1 heterocycles. The number of H-pyrrole nitrogens is 1. The average molecular weight is 335 g/mol. The summed E-state index contributed by atoms with van der Waals surface area (Å²) in [5.74, 6) is 0.0812. The molecule has 25 heavy (non-hydrogen) atoms. The fourth-order valence-electron chi connectivity index (χ4n) is 3.02. The highest BCUT2D eigenvalue weighted by Gasteiger charge is 2.05. The molecule has 0 aliphatic carbocycles. The number of rotatable bonds is 7. The molecule has 2 aromatic carbocycles. The molecule has 0 radical (unpaired) electrons. The molecule has 0 spiro atoms. The van der Waals surface area contributed by atoms with Crippen molar-refractivity contribution in [3.8, 4) is 0 Å². The van der Waals surface area contributed by atoms with E-state index in [1.54, 1.807) is 0 Å². The highest BCUT2D eigenvalue weighted by molar-refractivity contribution is 5.83. The average Bonchev–Trinajstić information content (AvgIpc) is 3.02. The van der Waals surface area contributed by atoms with Gasteiger partial charge in [0, 0.05) is 42.3 Å². The van der Waals surface area contributed by atoms with E-state index < -0.39 is 0 Å². The van der Waals surface area contributed by atoms with Gasteiger partial charge in [-0.25, -0.2) is 0 Å². The summed E-state index contributed by atoms with van der Waals surface area (Å²) < 4.78 is 0. The predicted molar refractivity (Wildman–Crippen MR) is 104 cm³/mol. The number of hydrogen-bond acceptors (Lipinski definition) is 2. The van der Waals surface area contributed by atoms with E-state index in [4.69, 9.17) is 0 Å². The topological polar surface area (TPSA) is 56.9 Å². The zero-order valence-electron chi connectivity index (χ0n) is 14.9. The molecule has 0 saturated heterocycles. The summed E-state index contributed by atoms with van der Waals surface area (Å²) in [4.78, 5) is 15.3. The number of amides is 1. The maximum Gasteiger partial charge on any atom is 0.221 e. The largest absolute Gasteiger partial charge is 0.384 e. The third kappa shape index (κ3) is 4.21. The number of aromatic amines is 1. The first-order valence-corrected chi connectivity index (χ1v) is 8.77. The monoisotopic (exact) mass is 335 g/mol. The van der Waals surface area contributed by atoms with Gasteiger partial charge < -0.3 is 15.6 Å². The first-order chi connectivity index (χ1) is 12.1. The van der Waals surface area contributed by atoms with Crippen LogP contribution in [0.15, 0.2) is 48.7 Å². The van der Waals surface area contributed by atoms with Crippen molar-refractivity contribution in [3.05, 3.63) is 65.4 Å². The molecular formula is C21H25N3O. The number of anilines is 1. The number of hydrogen-bond donors (Lipinski definition) is 3. The van der Waals surface area contributed by atoms with Crippen LogP contribution in [0, 0.1) is 13.8 Å². The fourth-order valence-corrected chi connectivity index (χ4v) is 3.02. The second kappa shape index (κ2) is 7.88. The molecule has 4 heteroatoms. The van der Waals surface area contributed by atoms with Gasteiger partial charge in [-0.1, -0.05) is 30.3 Å². The summed E-state index contributed by atoms with van der Waals surface area (Å²) in [5, 5.41) is 7.58. The Morgan fingerprint density at radius 2 is 1.88 bits per heavy atom.